The van der Waals surface area contributed by atoms with Gasteiger partial charge in [-0.3, -0.25) is 4.79 Å². The zero-order valence-corrected chi connectivity index (χ0v) is 15.1. The standard InChI is InChI=1S/C20H13ClN2O2S/c21-15-8-4-5-9-16(15)22-20-23-19(24)18(26-20)12-14-10-11-17(25-14)13-6-2-1-3-7-13/h1-12H,(H,22,23,24)/b18-12-. The smallest absolute Gasteiger partial charge is 0.264 e. The van der Waals surface area contributed by atoms with Gasteiger partial charge in [-0.1, -0.05) is 54.1 Å². The summed E-state index contributed by atoms with van der Waals surface area (Å²) in [6.07, 6.45) is 1.71. The van der Waals surface area contributed by atoms with E-state index in [-0.39, 0.29) is 5.91 Å². The topological polar surface area (TPSA) is 54.6 Å². The van der Waals surface area contributed by atoms with Crippen molar-refractivity contribution in [2.75, 3.05) is 0 Å². The average Bonchev–Trinajstić information content (AvgIpc) is 3.25. The van der Waals surface area contributed by atoms with Crippen LogP contribution in [0.15, 0.2) is 81.0 Å². The highest BCUT2D eigenvalue weighted by atomic mass is 35.5. The molecule has 2 heterocycles. The molecule has 1 aliphatic rings. The SMILES string of the molecule is O=C1NC(=Nc2ccccc2Cl)S/C1=C\c1ccc(-c2ccccc2)o1. The summed E-state index contributed by atoms with van der Waals surface area (Å²) in [6.45, 7) is 0. The molecular weight excluding hydrogens is 368 g/mol. The molecule has 1 N–H and O–H groups in total. The van der Waals surface area contributed by atoms with Gasteiger partial charge in [-0.2, -0.15) is 0 Å². The largest absolute Gasteiger partial charge is 0.457 e. The van der Waals surface area contributed by atoms with Crippen LogP contribution in [-0.2, 0) is 4.79 Å². The van der Waals surface area contributed by atoms with E-state index in [4.69, 9.17) is 16.0 Å². The molecule has 26 heavy (non-hydrogen) atoms. The van der Waals surface area contributed by atoms with Crippen molar-refractivity contribution in [2.24, 2.45) is 4.99 Å². The highest BCUT2D eigenvalue weighted by Crippen LogP contribution is 2.31. The summed E-state index contributed by atoms with van der Waals surface area (Å²) in [7, 11) is 0. The van der Waals surface area contributed by atoms with E-state index in [1.54, 1.807) is 18.2 Å². The molecule has 0 spiro atoms. The van der Waals surface area contributed by atoms with E-state index < -0.39 is 0 Å². The number of carbonyl (C=O) groups excluding carboxylic acids is 1. The number of amidine groups is 1. The molecule has 0 saturated carbocycles. The van der Waals surface area contributed by atoms with Gasteiger partial charge in [-0.05, 0) is 36.0 Å². The molecule has 1 aliphatic heterocycles. The second-order valence-electron chi connectivity index (χ2n) is 5.50. The third-order valence-electron chi connectivity index (χ3n) is 3.68. The number of hydrogen-bond acceptors (Lipinski definition) is 4. The fraction of sp³-hybridized carbons (Fsp3) is 0. The second-order valence-corrected chi connectivity index (χ2v) is 6.94. The summed E-state index contributed by atoms with van der Waals surface area (Å²) in [5, 5.41) is 3.77. The molecule has 128 valence electrons. The molecular formula is C20H13ClN2O2S. The van der Waals surface area contributed by atoms with Gasteiger partial charge in [0.2, 0.25) is 0 Å². The number of furan rings is 1. The van der Waals surface area contributed by atoms with Gasteiger partial charge in [-0.25, -0.2) is 4.99 Å². The minimum atomic E-state index is -0.210. The van der Waals surface area contributed by atoms with Crippen molar-refractivity contribution in [2.45, 2.75) is 0 Å². The molecule has 2 aromatic carbocycles. The Morgan fingerprint density at radius 3 is 2.58 bits per heavy atom. The van der Waals surface area contributed by atoms with Crippen LogP contribution in [0.5, 0.6) is 0 Å². The minimum Gasteiger partial charge on any atom is -0.457 e. The van der Waals surface area contributed by atoms with Gasteiger partial charge in [0, 0.05) is 11.6 Å². The number of benzene rings is 2. The van der Waals surface area contributed by atoms with Crippen molar-refractivity contribution in [1.29, 1.82) is 0 Å². The molecule has 0 unspecified atom stereocenters. The van der Waals surface area contributed by atoms with E-state index in [2.05, 4.69) is 10.3 Å². The number of rotatable bonds is 3. The number of carbonyl (C=O) groups is 1. The van der Waals surface area contributed by atoms with E-state index in [1.165, 1.54) is 11.8 Å². The van der Waals surface area contributed by atoms with Crippen molar-refractivity contribution >= 4 is 46.2 Å². The Bertz CT molecular complexity index is 1030. The van der Waals surface area contributed by atoms with E-state index in [0.717, 1.165) is 11.3 Å². The molecule has 0 atom stereocenters. The maximum atomic E-state index is 12.2. The van der Waals surface area contributed by atoms with Crippen molar-refractivity contribution in [1.82, 2.24) is 5.32 Å². The van der Waals surface area contributed by atoms with E-state index in [0.29, 0.717) is 26.5 Å². The summed E-state index contributed by atoms with van der Waals surface area (Å²) >= 11 is 7.36. The Morgan fingerprint density at radius 2 is 1.77 bits per heavy atom. The lowest BCUT2D eigenvalue weighted by molar-refractivity contribution is -0.115. The van der Waals surface area contributed by atoms with Gasteiger partial charge < -0.3 is 9.73 Å². The normalized spacial score (nSPS) is 17.0. The van der Waals surface area contributed by atoms with Crippen LogP contribution in [0, 0.1) is 0 Å². The van der Waals surface area contributed by atoms with Gasteiger partial charge in [0.05, 0.1) is 15.6 Å². The Morgan fingerprint density at radius 1 is 1.00 bits per heavy atom. The van der Waals surface area contributed by atoms with E-state index in [1.807, 2.05) is 54.6 Å². The number of nitrogens with one attached hydrogen (secondary N) is 1. The number of nitrogens with zero attached hydrogens (tertiary/aromatic N) is 1. The van der Waals surface area contributed by atoms with Crippen molar-refractivity contribution in [3.8, 4) is 11.3 Å². The monoisotopic (exact) mass is 380 g/mol. The molecule has 3 aromatic rings. The lowest BCUT2D eigenvalue weighted by Gasteiger charge is -1.98. The third-order valence-corrected chi connectivity index (χ3v) is 4.91. The zero-order valence-electron chi connectivity index (χ0n) is 13.5. The van der Waals surface area contributed by atoms with Crippen LogP contribution in [0.4, 0.5) is 5.69 Å². The van der Waals surface area contributed by atoms with Gasteiger partial charge in [0.25, 0.3) is 5.91 Å². The van der Waals surface area contributed by atoms with Crippen molar-refractivity contribution in [3.63, 3.8) is 0 Å². The molecule has 1 amide bonds. The molecule has 1 aromatic heterocycles. The Kier molecular flexibility index (Phi) is 4.65. The number of para-hydroxylation sites is 1. The Hall–Kier alpha value is -2.76. The minimum absolute atomic E-state index is 0.210. The van der Waals surface area contributed by atoms with Gasteiger partial charge in [-0.15, -0.1) is 0 Å². The maximum Gasteiger partial charge on any atom is 0.264 e. The first kappa shape index (κ1) is 16.7. The molecule has 4 rings (SSSR count). The number of amides is 1. The Labute approximate surface area is 159 Å². The van der Waals surface area contributed by atoms with Gasteiger partial charge in [0.1, 0.15) is 11.5 Å². The summed E-state index contributed by atoms with van der Waals surface area (Å²) in [4.78, 5) is 17.1. The molecule has 1 saturated heterocycles. The predicted molar refractivity (Wildman–Crippen MR) is 106 cm³/mol. The number of aliphatic imine (C=N–C) groups is 1. The van der Waals surface area contributed by atoms with Crippen molar-refractivity contribution in [3.05, 3.63) is 82.4 Å². The average molecular weight is 381 g/mol. The first-order valence-electron chi connectivity index (χ1n) is 7.88. The summed E-state index contributed by atoms with van der Waals surface area (Å²) in [5.41, 5.74) is 1.60. The maximum absolute atomic E-state index is 12.2. The molecule has 4 nitrogen and oxygen atoms in total. The van der Waals surface area contributed by atoms with Gasteiger partial charge in [0.15, 0.2) is 5.17 Å². The molecule has 0 radical (unpaired) electrons. The fourth-order valence-corrected chi connectivity index (χ4v) is 3.44. The van der Waals surface area contributed by atoms with Crippen LogP contribution in [0.2, 0.25) is 5.02 Å². The number of thioether (sulfide) groups is 1. The number of hydrogen-bond donors (Lipinski definition) is 1. The molecule has 6 heteroatoms. The lowest BCUT2D eigenvalue weighted by atomic mass is 10.2. The first-order valence-corrected chi connectivity index (χ1v) is 9.08. The van der Waals surface area contributed by atoms with Crippen LogP contribution in [0.3, 0.4) is 0 Å². The zero-order chi connectivity index (χ0) is 17.9. The van der Waals surface area contributed by atoms with Crippen molar-refractivity contribution < 1.29 is 9.21 Å². The van der Waals surface area contributed by atoms with Crippen LogP contribution < -0.4 is 5.32 Å². The highest BCUT2D eigenvalue weighted by molar-refractivity contribution is 8.18. The lowest BCUT2D eigenvalue weighted by Crippen LogP contribution is -2.19. The molecule has 1 fully saturated rings. The highest BCUT2D eigenvalue weighted by Gasteiger charge is 2.24. The molecule has 0 aliphatic carbocycles. The molecule has 0 bridgehead atoms. The summed E-state index contributed by atoms with van der Waals surface area (Å²) in [5.74, 6) is 1.16. The predicted octanol–water partition coefficient (Wildman–Crippen LogP) is 5.49. The summed E-state index contributed by atoms with van der Waals surface area (Å²) < 4.78 is 5.82. The van der Waals surface area contributed by atoms with E-state index in [9.17, 15) is 4.79 Å². The number of halogens is 1. The van der Waals surface area contributed by atoms with Gasteiger partial charge >= 0.3 is 0 Å². The van der Waals surface area contributed by atoms with Crippen LogP contribution in [0.1, 0.15) is 5.76 Å². The van der Waals surface area contributed by atoms with Crippen LogP contribution >= 0.6 is 23.4 Å². The van der Waals surface area contributed by atoms with Crippen LogP contribution in [0.25, 0.3) is 17.4 Å². The summed E-state index contributed by atoms with van der Waals surface area (Å²) in [6, 6.07) is 20.8. The van der Waals surface area contributed by atoms with E-state index >= 15 is 0 Å². The third kappa shape index (κ3) is 3.59. The fourth-order valence-electron chi connectivity index (χ4n) is 2.45. The Balaban J connectivity index is 1.56. The van der Waals surface area contributed by atoms with Crippen LogP contribution in [-0.4, -0.2) is 11.1 Å². The quantitative estimate of drug-likeness (QED) is 0.611. The second kappa shape index (κ2) is 7.23. The first-order chi connectivity index (χ1) is 12.7.